The molecule has 116 valence electrons. The van der Waals surface area contributed by atoms with Gasteiger partial charge in [0.25, 0.3) is 5.69 Å². The van der Waals surface area contributed by atoms with Gasteiger partial charge in [-0.1, -0.05) is 30.3 Å². The predicted octanol–water partition coefficient (Wildman–Crippen LogP) is 4.64. The molecule has 0 atom stereocenters. The van der Waals surface area contributed by atoms with E-state index >= 15 is 0 Å². The lowest BCUT2D eigenvalue weighted by atomic mass is 10.2. The van der Waals surface area contributed by atoms with Gasteiger partial charge < -0.3 is 5.32 Å². The zero-order chi connectivity index (χ0) is 16.2. The van der Waals surface area contributed by atoms with Crippen molar-refractivity contribution < 1.29 is 4.92 Å². The third kappa shape index (κ3) is 3.54. The van der Waals surface area contributed by atoms with Gasteiger partial charge in [-0.05, 0) is 19.1 Å². The molecule has 1 N–H and O–H groups in total. The molecule has 0 bridgehead atoms. The molecule has 0 amide bonds. The molecule has 23 heavy (non-hydrogen) atoms. The largest absolute Gasteiger partial charge is 0.380 e. The molecule has 0 fully saturated rings. The van der Waals surface area contributed by atoms with Crippen molar-refractivity contribution in [1.82, 2.24) is 4.98 Å². The van der Waals surface area contributed by atoms with E-state index in [0.29, 0.717) is 6.54 Å². The van der Waals surface area contributed by atoms with Crippen LogP contribution in [0.4, 0.5) is 11.4 Å². The van der Waals surface area contributed by atoms with Crippen molar-refractivity contribution >= 4 is 22.7 Å². The van der Waals surface area contributed by atoms with E-state index in [1.54, 1.807) is 23.5 Å². The van der Waals surface area contributed by atoms with E-state index in [0.717, 1.165) is 26.8 Å². The van der Waals surface area contributed by atoms with E-state index in [1.165, 1.54) is 12.1 Å². The monoisotopic (exact) mass is 325 g/mol. The Balaban J connectivity index is 1.71. The van der Waals surface area contributed by atoms with Crippen molar-refractivity contribution in [3.05, 3.63) is 75.3 Å². The van der Waals surface area contributed by atoms with Crippen molar-refractivity contribution in [3.8, 4) is 10.6 Å². The summed E-state index contributed by atoms with van der Waals surface area (Å²) < 4.78 is 0. The van der Waals surface area contributed by atoms with Gasteiger partial charge in [-0.15, -0.1) is 11.3 Å². The summed E-state index contributed by atoms with van der Waals surface area (Å²) in [6, 6.07) is 16.5. The number of nitro groups is 1. The zero-order valence-corrected chi connectivity index (χ0v) is 13.3. The number of anilines is 1. The number of thiazole rings is 1. The number of nitro benzene ring substituents is 1. The van der Waals surface area contributed by atoms with Crippen molar-refractivity contribution in [3.63, 3.8) is 0 Å². The standard InChI is InChI=1S/C17H15N3O2S/c1-12-16(23-17(19-12)13-5-3-2-4-6-13)11-18-14-7-9-15(10-8-14)20(21)22/h2-10,18H,11H2,1H3. The van der Waals surface area contributed by atoms with Crippen LogP contribution in [0.25, 0.3) is 10.6 Å². The topological polar surface area (TPSA) is 68.1 Å². The van der Waals surface area contributed by atoms with E-state index in [4.69, 9.17) is 0 Å². The number of aromatic nitrogens is 1. The van der Waals surface area contributed by atoms with Gasteiger partial charge in [0.1, 0.15) is 5.01 Å². The van der Waals surface area contributed by atoms with Gasteiger partial charge in [0.15, 0.2) is 0 Å². The average molecular weight is 325 g/mol. The Morgan fingerprint density at radius 1 is 1.13 bits per heavy atom. The van der Waals surface area contributed by atoms with Crippen LogP contribution in [-0.4, -0.2) is 9.91 Å². The molecule has 2 aromatic carbocycles. The van der Waals surface area contributed by atoms with Crippen molar-refractivity contribution in [1.29, 1.82) is 0 Å². The SMILES string of the molecule is Cc1nc(-c2ccccc2)sc1CNc1ccc([N+](=O)[O-])cc1. The summed E-state index contributed by atoms with van der Waals surface area (Å²) in [7, 11) is 0. The molecule has 0 saturated carbocycles. The minimum Gasteiger partial charge on any atom is -0.380 e. The summed E-state index contributed by atoms with van der Waals surface area (Å²) in [6.45, 7) is 2.64. The quantitative estimate of drug-likeness (QED) is 0.548. The molecule has 0 aliphatic rings. The van der Waals surface area contributed by atoms with E-state index in [2.05, 4.69) is 10.3 Å². The van der Waals surface area contributed by atoms with Gasteiger partial charge in [0.2, 0.25) is 0 Å². The molecule has 0 aliphatic carbocycles. The normalized spacial score (nSPS) is 10.5. The van der Waals surface area contributed by atoms with Gasteiger partial charge >= 0.3 is 0 Å². The van der Waals surface area contributed by atoms with E-state index in [-0.39, 0.29) is 5.69 Å². The second-order valence-corrected chi connectivity index (χ2v) is 6.13. The van der Waals surface area contributed by atoms with Crippen molar-refractivity contribution in [2.75, 3.05) is 5.32 Å². The number of hydrogen-bond donors (Lipinski definition) is 1. The molecule has 3 rings (SSSR count). The van der Waals surface area contributed by atoms with Gasteiger partial charge in [-0.3, -0.25) is 10.1 Å². The summed E-state index contributed by atoms with van der Waals surface area (Å²) in [5.74, 6) is 0. The molecule has 0 spiro atoms. The predicted molar refractivity (Wildman–Crippen MR) is 92.7 cm³/mol. The first-order valence-corrected chi connectivity index (χ1v) is 7.95. The Hall–Kier alpha value is -2.73. The first kappa shape index (κ1) is 15.2. The first-order valence-electron chi connectivity index (χ1n) is 7.13. The lowest BCUT2D eigenvalue weighted by Gasteiger charge is -2.04. The molecular weight excluding hydrogens is 310 g/mol. The molecule has 0 unspecified atom stereocenters. The third-order valence-corrected chi connectivity index (χ3v) is 4.65. The Labute approximate surface area is 137 Å². The highest BCUT2D eigenvalue weighted by molar-refractivity contribution is 7.15. The van der Waals surface area contributed by atoms with Gasteiger partial charge in [0, 0.05) is 28.3 Å². The first-order chi connectivity index (χ1) is 11.1. The van der Waals surface area contributed by atoms with Crippen LogP contribution >= 0.6 is 11.3 Å². The summed E-state index contributed by atoms with van der Waals surface area (Å²) in [4.78, 5) is 16.0. The molecule has 0 radical (unpaired) electrons. The summed E-state index contributed by atoms with van der Waals surface area (Å²) >= 11 is 1.66. The minimum absolute atomic E-state index is 0.0934. The van der Waals surface area contributed by atoms with Gasteiger partial charge in [-0.2, -0.15) is 0 Å². The fourth-order valence-corrected chi connectivity index (χ4v) is 3.19. The lowest BCUT2D eigenvalue weighted by molar-refractivity contribution is -0.384. The van der Waals surface area contributed by atoms with Crippen LogP contribution in [0.1, 0.15) is 10.6 Å². The molecule has 1 aromatic heterocycles. The number of hydrogen-bond acceptors (Lipinski definition) is 5. The van der Waals surface area contributed by atoms with Crippen LogP contribution in [0.5, 0.6) is 0 Å². The van der Waals surface area contributed by atoms with Crippen LogP contribution in [0, 0.1) is 17.0 Å². The van der Waals surface area contributed by atoms with Crippen LogP contribution in [0.3, 0.4) is 0 Å². The van der Waals surface area contributed by atoms with Crippen LogP contribution in [-0.2, 0) is 6.54 Å². The Morgan fingerprint density at radius 2 is 1.83 bits per heavy atom. The van der Waals surface area contributed by atoms with Gasteiger partial charge in [-0.25, -0.2) is 4.98 Å². The second kappa shape index (κ2) is 6.58. The van der Waals surface area contributed by atoms with Gasteiger partial charge in [0.05, 0.1) is 17.2 Å². The molecular formula is C17H15N3O2S. The highest BCUT2D eigenvalue weighted by Gasteiger charge is 2.09. The van der Waals surface area contributed by atoms with E-state index in [9.17, 15) is 10.1 Å². The summed E-state index contributed by atoms with van der Waals surface area (Å²) in [5.41, 5.74) is 3.06. The maximum absolute atomic E-state index is 10.7. The van der Waals surface area contributed by atoms with Crippen LogP contribution < -0.4 is 5.32 Å². The maximum Gasteiger partial charge on any atom is 0.269 e. The Morgan fingerprint density at radius 3 is 2.48 bits per heavy atom. The smallest absolute Gasteiger partial charge is 0.269 e. The molecule has 3 aromatic rings. The number of aryl methyl sites for hydroxylation is 1. The van der Waals surface area contributed by atoms with Crippen molar-refractivity contribution in [2.45, 2.75) is 13.5 Å². The minimum atomic E-state index is -0.400. The number of benzene rings is 2. The molecule has 6 heteroatoms. The highest BCUT2D eigenvalue weighted by Crippen LogP contribution is 2.28. The van der Waals surface area contributed by atoms with E-state index in [1.807, 2.05) is 37.3 Å². The summed E-state index contributed by atoms with van der Waals surface area (Å²) in [6.07, 6.45) is 0. The van der Waals surface area contributed by atoms with Crippen LogP contribution in [0.15, 0.2) is 54.6 Å². The molecule has 0 aliphatic heterocycles. The number of nitrogens with zero attached hydrogens (tertiary/aromatic N) is 2. The highest BCUT2D eigenvalue weighted by atomic mass is 32.1. The van der Waals surface area contributed by atoms with Crippen molar-refractivity contribution in [2.24, 2.45) is 0 Å². The van der Waals surface area contributed by atoms with Crippen LogP contribution in [0.2, 0.25) is 0 Å². The molecule has 1 heterocycles. The maximum atomic E-state index is 10.7. The zero-order valence-electron chi connectivity index (χ0n) is 12.5. The van der Waals surface area contributed by atoms with E-state index < -0.39 is 4.92 Å². The fraction of sp³-hybridized carbons (Fsp3) is 0.118. The number of nitrogens with one attached hydrogen (secondary N) is 1. The second-order valence-electron chi connectivity index (χ2n) is 5.05. The number of non-ortho nitro benzene ring substituents is 1. The Kier molecular flexibility index (Phi) is 4.34. The third-order valence-electron chi connectivity index (χ3n) is 3.44. The molecule has 5 nitrogen and oxygen atoms in total. The Bertz CT molecular complexity index is 814. The summed E-state index contributed by atoms with van der Waals surface area (Å²) in [5, 5.41) is 14.9. The number of rotatable bonds is 5. The lowest BCUT2D eigenvalue weighted by Crippen LogP contribution is -1.99. The molecule has 0 saturated heterocycles. The fourth-order valence-electron chi connectivity index (χ4n) is 2.18. The average Bonchev–Trinajstić information content (AvgIpc) is 2.95.